The second-order valence-corrected chi connectivity index (χ2v) is 3.09. The number of aromatic nitrogens is 1. The lowest BCUT2D eigenvalue weighted by atomic mass is 10.2. The summed E-state index contributed by atoms with van der Waals surface area (Å²) in [7, 11) is 0. The average Bonchev–Trinajstić information content (AvgIpc) is 2.23. The quantitative estimate of drug-likeness (QED) is 0.254. The van der Waals surface area contributed by atoms with Crippen LogP contribution in [-0.4, -0.2) is 11.5 Å². The first-order valence-corrected chi connectivity index (χ1v) is 4.60. The SMILES string of the molecule is [N-]=[N+]=NCCC=Cc1cnc(F)c(Cl)c1. The standard InChI is InChI=1S/C9H8ClFN4/c10-8-5-7(6-13-9(8)11)3-1-2-4-14-15-12/h1,3,5-6H,2,4H2. The summed E-state index contributed by atoms with van der Waals surface area (Å²) in [4.78, 5) is 6.08. The van der Waals surface area contributed by atoms with Gasteiger partial charge in [-0.2, -0.15) is 4.39 Å². The molecule has 1 aromatic rings. The molecule has 6 heteroatoms. The van der Waals surface area contributed by atoms with E-state index in [4.69, 9.17) is 17.1 Å². The smallest absolute Gasteiger partial charge is 0.226 e. The van der Waals surface area contributed by atoms with Gasteiger partial charge in [-0.15, -0.1) is 0 Å². The highest BCUT2D eigenvalue weighted by Gasteiger charge is 1.99. The summed E-state index contributed by atoms with van der Waals surface area (Å²) in [5, 5.41) is 3.36. The van der Waals surface area contributed by atoms with Gasteiger partial charge in [0.05, 0.1) is 5.02 Å². The molecule has 0 amide bonds. The minimum Gasteiger partial charge on any atom is -0.226 e. The third-order valence-electron chi connectivity index (χ3n) is 1.59. The molecular formula is C9H8ClFN4. The molecule has 0 unspecified atom stereocenters. The number of halogens is 2. The van der Waals surface area contributed by atoms with Crippen molar-refractivity contribution in [1.29, 1.82) is 0 Å². The summed E-state index contributed by atoms with van der Waals surface area (Å²) in [5.74, 6) is -0.678. The van der Waals surface area contributed by atoms with Gasteiger partial charge in [-0.1, -0.05) is 28.9 Å². The fourth-order valence-electron chi connectivity index (χ4n) is 0.924. The van der Waals surface area contributed by atoms with Gasteiger partial charge in [0.25, 0.3) is 0 Å². The molecule has 1 heterocycles. The largest absolute Gasteiger partial charge is 0.231 e. The molecule has 0 saturated carbocycles. The van der Waals surface area contributed by atoms with E-state index in [9.17, 15) is 4.39 Å². The van der Waals surface area contributed by atoms with Crippen molar-refractivity contribution in [1.82, 2.24) is 4.98 Å². The Labute approximate surface area is 91.0 Å². The molecule has 0 N–H and O–H groups in total. The van der Waals surface area contributed by atoms with Crippen molar-refractivity contribution in [2.75, 3.05) is 6.54 Å². The van der Waals surface area contributed by atoms with Crippen molar-refractivity contribution in [3.8, 4) is 0 Å². The summed E-state index contributed by atoms with van der Waals surface area (Å²) in [5.41, 5.74) is 8.73. The fraction of sp³-hybridized carbons (Fsp3) is 0.222. The Morgan fingerprint density at radius 3 is 3.13 bits per heavy atom. The van der Waals surface area contributed by atoms with E-state index in [2.05, 4.69) is 15.0 Å². The van der Waals surface area contributed by atoms with E-state index in [1.807, 2.05) is 0 Å². The maximum Gasteiger partial charge on any atom is 0.231 e. The van der Waals surface area contributed by atoms with Crippen molar-refractivity contribution in [2.24, 2.45) is 5.11 Å². The van der Waals surface area contributed by atoms with Crippen molar-refractivity contribution in [3.05, 3.63) is 45.3 Å². The summed E-state index contributed by atoms with van der Waals surface area (Å²) >= 11 is 5.54. The third-order valence-corrected chi connectivity index (χ3v) is 1.85. The van der Waals surface area contributed by atoms with E-state index >= 15 is 0 Å². The second-order valence-electron chi connectivity index (χ2n) is 2.69. The predicted molar refractivity (Wildman–Crippen MR) is 56.9 cm³/mol. The maximum atomic E-state index is 12.7. The highest BCUT2D eigenvalue weighted by atomic mass is 35.5. The van der Waals surface area contributed by atoms with Gasteiger partial charge < -0.3 is 0 Å². The fourth-order valence-corrected chi connectivity index (χ4v) is 1.10. The van der Waals surface area contributed by atoms with Gasteiger partial charge in [-0.3, -0.25) is 0 Å². The molecule has 78 valence electrons. The highest BCUT2D eigenvalue weighted by molar-refractivity contribution is 6.30. The van der Waals surface area contributed by atoms with E-state index in [1.54, 1.807) is 12.2 Å². The molecule has 0 atom stereocenters. The zero-order chi connectivity index (χ0) is 11.1. The van der Waals surface area contributed by atoms with E-state index in [1.165, 1.54) is 12.3 Å². The molecule has 1 aromatic heterocycles. The maximum absolute atomic E-state index is 12.7. The number of hydrogen-bond donors (Lipinski definition) is 0. The molecule has 0 aliphatic rings. The van der Waals surface area contributed by atoms with Crippen LogP contribution in [-0.2, 0) is 0 Å². The van der Waals surface area contributed by atoms with Crippen LogP contribution in [0.2, 0.25) is 5.02 Å². The Bertz CT molecular complexity index is 413. The lowest BCUT2D eigenvalue weighted by molar-refractivity contribution is 0.584. The molecular weight excluding hydrogens is 219 g/mol. The molecule has 0 fully saturated rings. The molecule has 0 aliphatic heterocycles. The van der Waals surface area contributed by atoms with Crippen molar-refractivity contribution >= 4 is 17.7 Å². The monoisotopic (exact) mass is 226 g/mol. The molecule has 0 radical (unpaired) electrons. The van der Waals surface area contributed by atoms with Gasteiger partial charge in [-0.25, -0.2) is 4.98 Å². The lowest BCUT2D eigenvalue weighted by Crippen LogP contribution is -1.84. The van der Waals surface area contributed by atoms with Crippen molar-refractivity contribution < 1.29 is 4.39 Å². The number of hydrogen-bond acceptors (Lipinski definition) is 2. The predicted octanol–water partition coefficient (Wildman–Crippen LogP) is 3.59. The summed E-state index contributed by atoms with van der Waals surface area (Å²) in [6, 6.07) is 1.48. The first-order chi connectivity index (χ1) is 7.24. The zero-order valence-corrected chi connectivity index (χ0v) is 8.52. The summed E-state index contributed by atoms with van der Waals surface area (Å²) in [6.07, 6.45) is 5.55. The van der Waals surface area contributed by atoms with Crippen molar-refractivity contribution in [3.63, 3.8) is 0 Å². The summed E-state index contributed by atoms with van der Waals surface area (Å²) < 4.78 is 12.7. The normalized spacial score (nSPS) is 10.3. The Kier molecular flexibility index (Phi) is 4.60. The van der Waals surface area contributed by atoms with E-state index in [0.29, 0.717) is 18.5 Å². The Balaban J connectivity index is 2.56. The Morgan fingerprint density at radius 1 is 1.67 bits per heavy atom. The molecule has 0 saturated heterocycles. The van der Waals surface area contributed by atoms with Gasteiger partial charge in [0.2, 0.25) is 5.95 Å². The molecule has 0 aromatic carbocycles. The van der Waals surface area contributed by atoms with Crippen LogP contribution >= 0.6 is 11.6 Å². The van der Waals surface area contributed by atoms with Crippen LogP contribution in [0, 0.1) is 5.95 Å². The lowest BCUT2D eigenvalue weighted by Gasteiger charge is -1.95. The first kappa shape index (κ1) is 11.5. The van der Waals surface area contributed by atoms with Crippen molar-refractivity contribution in [2.45, 2.75) is 6.42 Å². The molecule has 0 aliphatic carbocycles. The van der Waals surface area contributed by atoms with Crippen LogP contribution in [0.5, 0.6) is 0 Å². The molecule has 0 spiro atoms. The summed E-state index contributed by atoms with van der Waals surface area (Å²) in [6.45, 7) is 0.398. The van der Waals surface area contributed by atoms with Crippen LogP contribution in [0.4, 0.5) is 4.39 Å². The van der Waals surface area contributed by atoms with Gasteiger partial charge >= 0.3 is 0 Å². The molecule has 4 nitrogen and oxygen atoms in total. The minimum atomic E-state index is -0.678. The van der Waals surface area contributed by atoms with Gasteiger partial charge in [0.1, 0.15) is 0 Å². The van der Waals surface area contributed by atoms with E-state index in [0.717, 1.165) is 0 Å². The zero-order valence-electron chi connectivity index (χ0n) is 7.77. The first-order valence-electron chi connectivity index (χ1n) is 4.22. The second kappa shape index (κ2) is 6.01. The van der Waals surface area contributed by atoms with Crippen LogP contribution in [0.1, 0.15) is 12.0 Å². The van der Waals surface area contributed by atoms with Crippen LogP contribution in [0.3, 0.4) is 0 Å². The minimum absolute atomic E-state index is 0.00723. The van der Waals surface area contributed by atoms with Crippen LogP contribution in [0.25, 0.3) is 16.5 Å². The molecule has 15 heavy (non-hydrogen) atoms. The number of nitrogens with zero attached hydrogens (tertiary/aromatic N) is 4. The average molecular weight is 227 g/mol. The van der Waals surface area contributed by atoms with E-state index in [-0.39, 0.29) is 5.02 Å². The van der Waals surface area contributed by atoms with Gasteiger partial charge in [-0.05, 0) is 23.6 Å². The highest BCUT2D eigenvalue weighted by Crippen LogP contribution is 2.14. The van der Waals surface area contributed by atoms with Gasteiger partial charge in [0, 0.05) is 17.7 Å². The number of pyridine rings is 1. The van der Waals surface area contributed by atoms with E-state index < -0.39 is 5.95 Å². The number of rotatable bonds is 4. The molecule has 0 bridgehead atoms. The molecule has 1 rings (SSSR count). The topological polar surface area (TPSA) is 61.7 Å². The third kappa shape index (κ3) is 3.97. The van der Waals surface area contributed by atoms with Crippen LogP contribution in [0.15, 0.2) is 23.5 Å². The number of azide groups is 1. The van der Waals surface area contributed by atoms with Gasteiger partial charge in [0.15, 0.2) is 0 Å². The Hall–Kier alpha value is -1.58. The Morgan fingerprint density at radius 2 is 2.47 bits per heavy atom. The van der Waals surface area contributed by atoms with Crippen LogP contribution < -0.4 is 0 Å².